The first-order valence-electron chi connectivity index (χ1n) is 10.6. The van der Waals surface area contributed by atoms with Crippen molar-refractivity contribution in [1.82, 2.24) is 9.88 Å². The zero-order valence-corrected chi connectivity index (χ0v) is 17.8. The van der Waals surface area contributed by atoms with Gasteiger partial charge in [-0.25, -0.2) is 0 Å². The van der Waals surface area contributed by atoms with Gasteiger partial charge in [-0.2, -0.15) is 0 Å². The molecular weight excluding hydrogens is 394 g/mol. The van der Waals surface area contributed by atoms with Crippen LogP contribution < -0.4 is 15.4 Å². The largest absolute Gasteiger partial charge is 0.426 e. The summed E-state index contributed by atoms with van der Waals surface area (Å²) in [7, 11) is 1.62. The van der Waals surface area contributed by atoms with Crippen molar-refractivity contribution < 1.29 is 14.3 Å². The predicted octanol–water partition coefficient (Wildman–Crippen LogP) is 2.17. The maximum Gasteiger partial charge on any atom is 0.319 e. The number of anilines is 1. The summed E-state index contributed by atoms with van der Waals surface area (Å²) in [4.78, 5) is 21.4. The molecule has 2 aromatic rings. The number of pyridine rings is 1. The first-order chi connectivity index (χ1) is 15.0. The molecule has 3 N–H and O–H groups in total. The lowest BCUT2D eigenvalue weighted by atomic mass is 9.79. The fourth-order valence-corrected chi connectivity index (χ4v) is 4.45. The van der Waals surface area contributed by atoms with Crippen LogP contribution >= 0.6 is 0 Å². The van der Waals surface area contributed by atoms with Gasteiger partial charge in [-0.1, -0.05) is 6.07 Å². The van der Waals surface area contributed by atoms with Crippen LogP contribution in [0.1, 0.15) is 24.0 Å². The minimum atomic E-state index is -0.667. The highest BCUT2D eigenvalue weighted by molar-refractivity contribution is 5.80. The van der Waals surface area contributed by atoms with Crippen LogP contribution in [-0.4, -0.2) is 55.2 Å². The van der Waals surface area contributed by atoms with E-state index in [4.69, 9.17) is 20.6 Å². The summed E-state index contributed by atoms with van der Waals surface area (Å²) >= 11 is 0. The van der Waals surface area contributed by atoms with Gasteiger partial charge in [0.1, 0.15) is 5.75 Å². The van der Waals surface area contributed by atoms with Gasteiger partial charge < -0.3 is 25.0 Å². The summed E-state index contributed by atoms with van der Waals surface area (Å²) in [5.41, 5.74) is 8.34. The number of piperidine rings is 1. The maximum atomic E-state index is 13.3. The van der Waals surface area contributed by atoms with Gasteiger partial charge in [0.2, 0.25) is 0 Å². The van der Waals surface area contributed by atoms with E-state index in [0.717, 1.165) is 37.3 Å². The molecule has 1 fully saturated rings. The first kappa shape index (κ1) is 21.1. The van der Waals surface area contributed by atoms with E-state index in [1.807, 2.05) is 35.2 Å². The number of carbonyl (C=O) groups excluding carboxylic acids is 1. The summed E-state index contributed by atoms with van der Waals surface area (Å²) in [6, 6.07) is 9.73. The number of nitrogens with two attached hydrogens (primary N) is 1. The minimum Gasteiger partial charge on any atom is -0.426 e. The number of fused-ring (bicyclic) bond motifs is 1. The van der Waals surface area contributed by atoms with Gasteiger partial charge in [0.25, 0.3) is 0 Å². The second-order valence-electron chi connectivity index (χ2n) is 8.28. The summed E-state index contributed by atoms with van der Waals surface area (Å²) in [6.07, 6.45) is 5.70. The number of methoxy groups -OCH3 is 1. The molecule has 0 aliphatic carbocycles. The average molecular weight is 424 g/mol. The molecule has 1 saturated heterocycles. The zero-order valence-electron chi connectivity index (χ0n) is 17.8. The molecule has 2 aliphatic rings. The van der Waals surface area contributed by atoms with Crippen LogP contribution in [0.3, 0.4) is 0 Å². The lowest BCUT2D eigenvalue weighted by molar-refractivity contribution is -0.151. The molecule has 1 aromatic heterocycles. The third-order valence-corrected chi connectivity index (χ3v) is 6.34. The molecule has 3 heterocycles. The van der Waals surface area contributed by atoms with E-state index >= 15 is 0 Å². The molecule has 0 saturated carbocycles. The summed E-state index contributed by atoms with van der Waals surface area (Å²) in [6.45, 7) is 3.12. The van der Waals surface area contributed by atoms with E-state index in [2.05, 4.69) is 9.88 Å². The van der Waals surface area contributed by atoms with Crippen LogP contribution in [0.15, 0.2) is 42.7 Å². The van der Waals surface area contributed by atoms with Crippen molar-refractivity contribution in [3.8, 4) is 5.75 Å². The van der Waals surface area contributed by atoms with Gasteiger partial charge in [-0.15, -0.1) is 0 Å². The molecule has 164 valence electrons. The van der Waals surface area contributed by atoms with Crippen LogP contribution in [0.25, 0.3) is 0 Å². The number of nitrogens with zero attached hydrogens (tertiary/aromatic N) is 3. The number of benzene rings is 1. The van der Waals surface area contributed by atoms with Crippen molar-refractivity contribution in [1.29, 1.82) is 5.41 Å². The second-order valence-corrected chi connectivity index (χ2v) is 8.28. The molecule has 4 rings (SSSR count). The molecule has 0 radical (unpaired) electrons. The lowest BCUT2D eigenvalue weighted by Crippen LogP contribution is -2.48. The van der Waals surface area contributed by atoms with Crippen LogP contribution in [-0.2, 0) is 22.5 Å². The normalized spacial score (nSPS) is 17.7. The summed E-state index contributed by atoms with van der Waals surface area (Å²) < 4.78 is 11.3. The Kier molecular flexibility index (Phi) is 6.08. The standard InChI is InChI=1S/C23H29N5O3/c1-30-16-23(7-12-27(13-8-23)19-4-9-26-10-5-19)21(29)31-20-3-2-17-6-11-28(22(24)25)15-18(17)14-20/h2-5,9-10,14H,6-8,11-13,15-16H2,1H3,(H3,24,25). The van der Waals surface area contributed by atoms with Crippen LogP contribution in [0.2, 0.25) is 0 Å². The number of ether oxygens (including phenoxy) is 2. The molecule has 2 aliphatic heterocycles. The third-order valence-electron chi connectivity index (χ3n) is 6.34. The Morgan fingerprint density at radius 2 is 1.90 bits per heavy atom. The Bertz CT molecular complexity index is 941. The van der Waals surface area contributed by atoms with Crippen molar-refractivity contribution in [2.45, 2.75) is 25.8 Å². The number of hydrogen-bond acceptors (Lipinski definition) is 6. The van der Waals surface area contributed by atoms with Gasteiger partial charge in [-0.3, -0.25) is 15.2 Å². The number of rotatable bonds is 5. The Morgan fingerprint density at radius 3 is 2.58 bits per heavy atom. The fourth-order valence-electron chi connectivity index (χ4n) is 4.45. The summed E-state index contributed by atoms with van der Waals surface area (Å²) in [5.74, 6) is 0.345. The number of hydrogen-bond donors (Lipinski definition) is 2. The predicted molar refractivity (Wildman–Crippen MR) is 118 cm³/mol. The van der Waals surface area contributed by atoms with E-state index in [-0.39, 0.29) is 11.9 Å². The van der Waals surface area contributed by atoms with Crippen LogP contribution in [0.5, 0.6) is 5.75 Å². The van der Waals surface area contributed by atoms with Crippen molar-refractivity contribution in [3.05, 3.63) is 53.9 Å². The monoisotopic (exact) mass is 423 g/mol. The van der Waals surface area contributed by atoms with Crippen molar-refractivity contribution in [2.24, 2.45) is 11.1 Å². The van der Waals surface area contributed by atoms with Crippen molar-refractivity contribution in [3.63, 3.8) is 0 Å². The quantitative estimate of drug-likeness (QED) is 0.329. The molecule has 31 heavy (non-hydrogen) atoms. The first-order valence-corrected chi connectivity index (χ1v) is 10.6. The third kappa shape index (κ3) is 4.49. The Balaban J connectivity index is 1.46. The molecule has 0 unspecified atom stereocenters. The molecule has 0 bridgehead atoms. The Labute approximate surface area is 182 Å². The minimum absolute atomic E-state index is 0.0630. The van der Waals surface area contributed by atoms with Crippen LogP contribution in [0.4, 0.5) is 5.69 Å². The number of guanidine groups is 1. The van der Waals surface area contributed by atoms with Crippen LogP contribution in [0, 0.1) is 10.8 Å². The molecule has 8 nitrogen and oxygen atoms in total. The highest BCUT2D eigenvalue weighted by atomic mass is 16.5. The number of nitrogens with one attached hydrogen (secondary N) is 1. The highest BCUT2D eigenvalue weighted by Gasteiger charge is 2.43. The highest BCUT2D eigenvalue weighted by Crippen LogP contribution is 2.36. The number of aromatic nitrogens is 1. The molecular formula is C23H29N5O3. The van der Waals surface area contributed by atoms with Crippen molar-refractivity contribution in [2.75, 3.05) is 38.3 Å². The van der Waals surface area contributed by atoms with E-state index in [1.54, 1.807) is 19.5 Å². The fraction of sp³-hybridized carbons (Fsp3) is 0.435. The molecule has 0 spiro atoms. The SMILES string of the molecule is COCC1(C(=O)Oc2ccc3c(c2)CN(C(=N)N)CC3)CCN(c2ccncc2)CC1. The Hall–Kier alpha value is -3.13. The van der Waals surface area contributed by atoms with Gasteiger partial charge in [0.15, 0.2) is 5.96 Å². The maximum absolute atomic E-state index is 13.3. The van der Waals surface area contributed by atoms with Gasteiger partial charge in [0, 0.05) is 51.4 Å². The second kappa shape index (κ2) is 8.93. The smallest absolute Gasteiger partial charge is 0.319 e. The van der Waals surface area contributed by atoms with E-state index < -0.39 is 5.41 Å². The van der Waals surface area contributed by atoms with E-state index in [1.165, 1.54) is 5.56 Å². The lowest BCUT2D eigenvalue weighted by Gasteiger charge is -2.40. The van der Waals surface area contributed by atoms with Gasteiger partial charge >= 0.3 is 5.97 Å². The molecule has 0 atom stereocenters. The molecule has 1 aromatic carbocycles. The summed E-state index contributed by atoms with van der Waals surface area (Å²) in [5, 5.41) is 7.68. The van der Waals surface area contributed by atoms with E-state index in [0.29, 0.717) is 31.7 Å². The molecule has 8 heteroatoms. The van der Waals surface area contributed by atoms with Gasteiger partial charge in [0.05, 0.1) is 12.0 Å². The topological polar surface area (TPSA) is 105 Å². The zero-order chi connectivity index (χ0) is 21.8. The molecule has 0 amide bonds. The van der Waals surface area contributed by atoms with Crippen molar-refractivity contribution >= 4 is 17.6 Å². The average Bonchev–Trinajstić information content (AvgIpc) is 2.79. The van der Waals surface area contributed by atoms with Gasteiger partial charge in [-0.05, 0) is 54.7 Å². The number of esters is 1. The van der Waals surface area contributed by atoms with E-state index in [9.17, 15) is 4.79 Å². The Morgan fingerprint density at radius 1 is 1.16 bits per heavy atom. The number of carbonyl (C=O) groups is 1.